The highest BCUT2D eigenvalue weighted by Crippen LogP contribution is 2.56. The summed E-state index contributed by atoms with van der Waals surface area (Å²) in [7, 11) is 0. The van der Waals surface area contributed by atoms with E-state index in [1.807, 2.05) is 0 Å². The van der Waals surface area contributed by atoms with Crippen LogP contribution >= 0.6 is 0 Å². The van der Waals surface area contributed by atoms with Gasteiger partial charge in [-0.3, -0.25) is 0 Å². The lowest BCUT2D eigenvalue weighted by Crippen LogP contribution is -2.22. The van der Waals surface area contributed by atoms with Crippen molar-refractivity contribution in [2.24, 2.45) is 11.1 Å². The van der Waals surface area contributed by atoms with E-state index in [0.29, 0.717) is 5.41 Å². The maximum Gasteiger partial charge on any atom is 0.123 e. The van der Waals surface area contributed by atoms with Gasteiger partial charge in [0.05, 0.1) is 0 Å². The minimum Gasteiger partial charge on any atom is -0.323 e. The summed E-state index contributed by atoms with van der Waals surface area (Å²) >= 11 is 0. The van der Waals surface area contributed by atoms with Gasteiger partial charge in [-0.15, -0.1) is 0 Å². The molecule has 1 aromatic rings. The number of halogens is 1. The maximum atomic E-state index is 12.7. The summed E-state index contributed by atoms with van der Waals surface area (Å²) in [4.78, 5) is 0. The van der Waals surface area contributed by atoms with Gasteiger partial charge >= 0.3 is 0 Å². The molecule has 76 valence electrons. The van der Waals surface area contributed by atoms with Gasteiger partial charge in [0.25, 0.3) is 0 Å². The van der Waals surface area contributed by atoms with E-state index in [1.165, 1.54) is 25.0 Å². The molecule has 1 aliphatic carbocycles. The average Bonchev–Trinajstić information content (AvgIpc) is 2.99. The van der Waals surface area contributed by atoms with Crippen LogP contribution in [0.25, 0.3) is 0 Å². The summed E-state index contributed by atoms with van der Waals surface area (Å²) in [6.45, 7) is 2.18. The van der Waals surface area contributed by atoms with E-state index in [0.717, 1.165) is 12.0 Å². The highest BCUT2D eigenvalue weighted by atomic mass is 19.1. The fourth-order valence-corrected chi connectivity index (χ4v) is 2.07. The van der Waals surface area contributed by atoms with E-state index in [-0.39, 0.29) is 11.9 Å². The molecule has 0 bridgehead atoms. The summed E-state index contributed by atoms with van der Waals surface area (Å²) in [6, 6.07) is 6.65. The average molecular weight is 193 g/mol. The van der Waals surface area contributed by atoms with Crippen molar-refractivity contribution >= 4 is 0 Å². The van der Waals surface area contributed by atoms with E-state index in [9.17, 15) is 4.39 Å². The monoisotopic (exact) mass is 193 g/mol. The van der Waals surface area contributed by atoms with E-state index in [2.05, 4.69) is 6.92 Å². The van der Waals surface area contributed by atoms with Crippen molar-refractivity contribution in [3.8, 4) is 0 Å². The third-order valence-corrected chi connectivity index (χ3v) is 3.49. The Hall–Kier alpha value is -0.890. The van der Waals surface area contributed by atoms with Crippen LogP contribution in [0, 0.1) is 11.2 Å². The Labute approximate surface area is 84.1 Å². The van der Waals surface area contributed by atoms with Crippen LogP contribution in [-0.2, 0) is 0 Å². The van der Waals surface area contributed by atoms with Gasteiger partial charge in [0.2, 0.25) is 0 Å². The maximum absolute atomic E-state index is 12.7. The Bertz CT molecular complexity index is 314. The molecule has 0 heterocycles. The van der Waals surface area contributed by atoms with Crippen LogP contribution < -0.4 is 5.73 Å². The Morgan fingerprint density at radius 2 is 1.93 bits per heavy atom. The third kappa shape index (κ3) is 1.55. The smallest absolute Gasteiger partial charge is 0.123 e. The Kier molecular flexibility index (Phi) is 2.31. The second-order valence-electron chi connectivity index (χ2n) is 4.25. The lowest BCUT2D eigenvalue weighted by atomic mass is 9.89. The Morgan fingerprint density at radius 3 is 2.36 bits per heavy atom. The number of rotatable bonds is 3. The van der Waals surface area contributed by atoms with Crippen LogP contribution in [0.1, 0.15) is 37.8 Å². The van der Waals surface area contributed by atoms with Crippen LogP contribution in [0.3, 0.4) is 0 Å². The van der Waals surface area contributed by atoms with E-state index in [1.54, 1.807) is 12.1 Å². The first-order chi connectivity index (χ1) is 6.68. The molecule has 0 spiro atoms. The van der Waals surface area contributed by atoms with E-state index < -0.39 is 0 Å². The molecular weight excluding hydrogens is 177 g/mol. The molecule has 14 heavy (non-hydrogen) atoms. The standard InChI is InChI=1S/C12H16FN/c1-2-12(7-8-12)11(14)9-3-5-10(13)6-4-9/h3-6,11H,2,7-8,14H2,1H3. The zero-order valence-corrected chi connectivity index (χ0v) is 8.46. The lowest BCUT2D eigenvalue weighted by Gasteiger charge is -2.22. The largest absolute Gasteiger partial charge is 0.323 e. The van der Waals surface area contributed by atoms with Gasteiger partial charge in [0.1, 0.15) is 5.82 Å². The van der Waals surface area contributed by atoms with Crippen LogP contribution in [0.4, 0.5) is 4.39 Å². The van der Waals surface area contributed by atoms with E-state index >= 15 is 0 Å². The molecule has 1 atom stereocenters. The molecule has 1 saturated carbocycles. The molecule has 1 aromatic carbocycles. The zero-order chi connectivity index (χ0) is 10.2. The predicted octanol–water partition coefficient (Wildman–Crippen LogP) is 3.02. The van der Waals surface area contributed by atoms with Crippen molar-refractivity contribution < 1.29 is 4.39 Å². The first-order valence-electron chi connectivity index (χ1n) is 5.19. The van der Waals surface area contributed by atoms with Crippen molar-refractivity contribution in [1.82, 2.24) is 0 Å². The highest BCUT2D eigenvalue weighted by molar-refractivity contribution is 5.24. The summed E-state index contributed by atoms with van der Waals surface area (Å²) in [5.41, 5.74) is 7.54. The Balaban J connectivity index is 2.19. The minimum atomic E-state index is -0.192. The first kappa shape index (κ1) is 9.66. The molecule has 0 amide bonds. The molecule has 1 aliphatic rings. The molecule has 2 rings (SSSR count). The van der Waals surface area contributed by atoms with Crippen molar-refractivity contribution in [1.29, 1.82) is 0 Å². The SMILES string of the molecule is CCC1(C(N)c2ccc(F)cc2)CC1. The molecule has 0 saturated heterocycles. The van der Waals surface area contributed by atoms with Crippen molar-refractivity contribution in [3.63, 3.8) is 0 Å². The van der Waals surface area contributed by atoms with E-state index in [4.69, 9.17) is 5.73 Å². The normalized spacial score (nSPS) is 20.5. The summed E-state index contributed by atoms with van der Waals surface area (Å²) in [6.07, 6.45) is 3.54. The molecule has 0 radical (unpaired) electrons. The van der Waals surface area contributed by atoms with Gasteiger partial charge < -0.3 is 5.73 Å². The van der Waals surface area contributed by atoms with Crippen LogP contribution in [0.2, 0.25) is 0 Å². The minimum absolute atomic E-state index is 0.0769. The summed E-state index contributed by atoms with van der Waals surface area (Å²) in [5.74, 6) is -0.192. The molecule has 2 N–H and O–H groups in total. The molecule has 0 aromatic heterocycles. The van der Waals surface area contributed by atoms with Crippen LogP contribution in [0.5, 0.6) is 0 Å². The van der Waals surface area contributed by atoms with Crippen LogP contribution in [-0.4, -0.2) is 0 Å². The van der Waals surface area contributed by atoms with Crippen molar-refractivity contribution in [2.75, 3.05) is 0 Å². The lowest BCUT2D eigenvalue weighted by molar-refractivity contribution is 0.394. The quantitative estimate of drug-likeness (QED) is 0.784. The summed E-state index contributed by atoms with van der Waals surface area (Å²) < 4.78 is 12.7. The summed E-state index contributed by atoms with van der Waals surface area (Å²) in [5, 5.41) is 0. The van der Waals surface area contributed by atoms with Crippen LogP contribution in [0.15, 0.2) is 24.3 Å². The first-order valence-corrected chi connectivity index (χ1v) is 5.19. The van der Waals surface area contributed by atoms with Gasteiger partial charge in [0.15, 0.2) is 0 Å². The molecule has 1 unspecified atom stereocenters. The number of nitrogens with two attached hydrogens (primary N) is 1. The second kappa shape index (κ2) is 3.35. The third-order valence-electron chi connectivity index (χ3n) is 3.49. The number of benzene rings is 1. The second-order valence-corrected chi connectivity index (χ2v) is 4.25. The van der Waals surface area contributed by atoms with Gasteiger partial charge in [-0.05, 0) is 42.4 Å². The van der Waals surface area contributed by atoms with Gasteiger partial charge in [-0.2, -0.15) is 0 Å². The topological polar surface area (TPSA) is 26.0 Å². The predicted molar refractivity (Wildman–Crippen MR) is 55.3 cm³/mol. The molecule has 1 nitrogen and oxygen atoms in total. The van der Waals surface area contributed by atoms with Gasteiger partial charge in [-0.1, -0.05) is 19.1 Å². The molecule has 0 aliphatic heterocycles. The molecule has 2 heteroatoms. The van der Waals surface area contributed by atoms with Crippen molar-refractivity contribution in [3.05, 3.63) is 35.6 Å². The van der Waals surface area contributed by atoms with Crippen molar-refractivity contribution in [2.45, 2.75) is 32.2 Å². The molecule has 1 fully saturated rings. The molecular formula is C12H16FN. The fraction of sp³-hybridized carbons (Fsp3) is 0.500. The zero-order valence-electron chi connectivity index (χ0n) is 8.46. The van der Waals surface area contributed by atoms with Gasteiger partial charge in [0, 0.05) is 6.04 Å². The Morgan fingerprint density at radius 1 is 1.36 bits per heavy atom. The fourth-order valence-electron chi connectivity index (χ4n) is 2.07. The number of hydrogen-bond donors (Lipinski definition) is 1. The highest BCUT2D eigenvalue weighted by Gasteiger charge is 2.46. The number of hydrogen-bond acceptors (Lipinski definition) is 1. The van der Waals surface area contributed by atoms with Gasteiger partial charge in [-0.25, -0.2) is 4.39 Å².